The van der Waals surface area contributed by atoms with Crippen LogP contribution >= 0.6 is 0 Å². The first-order valence-corrected chi connectivity index (χ1v) is 8.00. The van der Waals surface area contributed by atoms with E-state index in [1.54, 1.807) is 6.20 Å². The lowest BCUT2D eigenvalue weighted by Gasteiger charge is -2.14. The number of carbonyl (C=O) groups excluding carboxylic acids is 1. The van der Waals surface area contributed by atoms with Gasteiger partial charge < -0.3 is 15.4 Å². The van der Waals surface area contributed by atoms with Gasteiger partial charge in [-0.05, 0) is 26.2 Å². The molecule has 2 N–H and O–H groups in total. The minimum absolute atomic E-state index is 0.149. The number of carbonyl (C=O) groups is 1. The molecule has 0 atom stereocenters. The summed E-state index contributed by atoms with van der Waals surface area (Å²) in [5.41, 5.74) is 0.149. The van der Waals surface area contributed by atoms with Gasteiger partial charge in [0.15, 0.2) is 0 Å². The van der Waals surface area contributed by atoms with Crippen LogP contribution in [0.4, 0.5) is 0 Å². The third-order valence-electron chi connectivity index (χ3n) is 3.64. The highest BCUT2D eigenvalue weighted by molar-refractivity contribution is 5.97. The molecule has 1 aliphatic carbocycles. The van der Waals surface area contributed by atoms with Crippen molar-refractivity contribution in [3.05, 3.63) is 11.8 Å². The Kier molecular flexibility index (Phi) is 9.30. The molecule has 0 aromatic rings. The molecule has 0 aromatic carbocycles. The van der Waals surface area contributed by atoms with E-state index >= 15 is 0 Å². The zero-order valence-corrected chi connectivity index (χ0v) is 13.0. The molecule has 5 heteroatoms. The van der Waals surface area contributed by atoms with Crippen molar-refractivity contribution in [3.8, 4) is 6.07 Å². The molecule has 0 bridgehead atoms. The average Bonchev–Trinajstić information content (AvgIpc) is 2.76. The molecule has 1 aliphatic rings. The average molecular weight is 293 g/mol. The van der Waals surface area contributed by atoms with Crippen LogP contribution in [0.5, 0.6) is 0 Å². The van der Waals surface area contributed by atoms with E-state index in [2.05, 4.69) is 10.6 Å². The lowest BCUT2D eigenvalue weighted by Crippen LogP contribution is -2.29. The van der Waals surface area contributed by atoms with Gasteiger partial charge in [0, 0.05) is 32.0 Å². The van der Waals surface area contributed by atoms with Gasteiger partial charge in [0.1, 0.15) is 11.6 Å². The number of hydrogen-bond donors (Lipinski definition) is 2. The first-order chi connectivity index (χ1) is 10.3. The fourth-order valence-corrected chi connectivity index (χ4v) is 2.41. The Morgan fingerprint density at radius 1 is 1.33 bits per heavy atom. The Balaban J connectivity index is 2.32. The van der Waals surface area contributed by atoms with Crippen LogP contribution < -0.4 is 10.6 Å². The number of nitriles is 1. The maximum atomic E-state index is 11.9. The molecule has 1 amide bonds. The molecule has 0 heterocycles. The predicted octanol–water partition coefficient (Wildman–Crippen LogP) is 2.25. The summed E-state index contributed by atoms with van der Waals surface area (Å²) in [5.74, 6) is -0.310. The maximum absolute atomic E-state index is 11.9. The lowest BCUT2D eigenvalue weighted by molar-refractivity contribution is -0.117. The van der Waals surface area contributed by atoms with E-state index in [4.69, 9.17) is 10.00 Å². The quantitative estimate of drug-likeness (QED) is 0.311. The number of nitrogens with zero attached hydrogens (tertiary/aromatic N) is 1. The first-order valence-electron chi connectivity index (χ1n) is 8.00. The molecule has 21 heavy (non-hydrogen) atoms. The van der Waals surface area contributed by atoms with Crippen LogP contribution in [0.15, 0.2) is 11.8 Å². The van der Waals surface area contributed by atoms with Gasteiger partial charge in [-0.1, -0.05) is 25.7 Å². The number of hydrogen-bond acceptors (Lipinski definition) is 4. The molecule has 1 fully saturated rings. The van der Waals surface area contributed by atoms with Crippen LogP contribution in [0.3, 0.4) is 0 Å². The molecule has 0 radical (unpaired) electrons. The third kappa shape index (κ3) is 7.72. The van der Waals surface area contributed by atoms with Crippen LogP contribution in [0, 0.1) is 11.3 Å². The molecule has 0 unspecified atom stereocenters. The van der Waals surface area contributed by atoms with Gasteiger partial charge in [0.25, 0.3) is 5.91 Å². The topological polar surface area (TPSA) is 74.1 Å². The Morgan fingerprint density at radius 3 is 2.67 bits per heavy atom. The Bertz CT molecular complexity index is 366. The Hall–Kier alpha value is -1.54. The molecule has 0 spiro atoms. The van der Waals surface area contributed by atoms with Gasteiger partial charge in [-0.2, -0.15) is 5.26 Å². The Morgan fingerprint density at radius 2 is 2.05 bits per heavy atom. The van der Waals surface area contributed by atoms with E-state index < -0.39 is 0 Å². The SMILES string of the molecule is CCOCCCNC(=O)/C(C#N)=C\NC1CCCCCC1. The van der Waals surface area contributed by atoms with Crippen molar-refractivity contribution < 1.29 is 9.53 Å². The summed E-state index contributed by atoms with van der Waals surface area (Å²) in [4.78, 5) is 11.9. The van der Waals surface area contributed by atoms with Gasteiger partial charge in [-0.25, -0.2) is 0 Å². The monoisotopic (exact) mass is 293 g/mol. The highest BCUT2D eigenvalue weighted by Gasteiger charge is 2.12. The van der Waals surface area contributed by atoms with E-state index in [0.29, 0.717) is 25.8 Å². The standard InChI is InChI=1S/C16H27N3O2/c1-2-21-11-7-10-18-16(20)14(12-17)13-19-15-8-5-3-4-6-9-15/h13,15,19H,2-11H2,1H3,(H,18,20)/b14-13-. The molecule has 0 aromatic heterocycles. The zero-order valence-electron chi connectivity index (χ0n) is 13.0. The summed E-state index contributed by atoms with van der Waals surface area (Å²) < 4.78 is 5.20. The summed E-state index contributed by atoms with van der Waals surface area (Å²) in [7, 11) is 0. The van der Waals surface area contributed by atoms with E-state index in [1.807, 2.05) is 13.0 Å². The van der Waals surface area contributed by atoms with Crippen molar-refractivity contribution in [2.24, 2.45) is 0 Å². The summed E-state index contributed by atoms with van der Waals surface area (Å²) >= 11 is 0. The summed E-state index contributed by atoms with van der Waals surface area (Å²) in [5, 5.41) is 15.1. The normalized spacial score (nSPS) is 16.9. The van der Waals surface area contributed by atoms with Crippen LogP contribution in [0.2, 0.25) is 0 Å². The second-order valence-electron chi connectivity index (χ2n) is 5.33. The van der Waals surface area contributed by atoms with Crippen LogP contribution in [0.1, 0.15) is 51.9 Å². The molecule has 1 saturated carbocycles. The molecule has 0 saturated heterocycles. The van der Waals surface area contributed by atoms with Crippen molar-refractivity contribution in [1.29, 1.82) is 5.26 Å². The summed E-state index contributed by atoms with van der Waals surface area (Å²) in [6.45, 7) is 3.78. The van der Waals surface area contributed by atoms with Crippen molar-refractivity contribution in [3.63, 3.8) is 0 Å². The van der Waals surface area contributed by atoms with Crippen molar-refractivity contribution >= 4 is 5.91 Å². The van der Waals surface area contributed by atoms with Gasteiger partial charge in [0.2, 0.25) is 0 Å². The Labute approximate surface area is 127 Å². The molecule has 5 nitrogen and oxygen atoms in total. The molecular formula is C16H27N3O2. The molecule has 118 valence electrons. The second kappa shape index (κ2) is 11.2. The largest absolute Gasteiger partial charge is 0.387 e. The van der Waals surface area contributed by atoms with Gasteiger partial charge in [0.05, 0.1) is 0 Å². The number of rotatable bonds is 8. The number of amides is 1. The van der Waals surface area contributed by atoms with Gasteiger partial charge in [-0.15, -0.1) is 0 Å². The van der Waals surface area contributed by atoms with Crippen molar-refractivity contribution in [2.75, 3.05) is 19.8 Å². The molecule has 0 aliphatic heterocycles. The van der Waals surface area contributed by atoms with Crippen LogP contribution in [-0.4, -0.2) is 31.7 Å². The molecule has 1 rings (SSSR count). The number of nitrogens with one attached hydrogen (secondary N) is 2. The van der Waals surface area contributed by atoms with Crippen LogP contribution in [-0.2, 0) is 9.53 Å². The van der Waals surface area contributed by atoms with E-state index in [9.17, 15) is 4.79 Å². The minimum atomic E-state index is -0.310. The lowest BCUT2D eigenvalue weighted by atomic mass is 10.1. The van der Waals surface area contributed by atoms with Gasteiger partial charge in [-0.3, -0.25) is 4.79 Å². The minimum Gasteiger partial charge on any atom is -0.387 e. The van der Waals surface area contributed by atoms with E-state index in [-0.39, 0.29) is 11.5 Å². The van der Waals surface area contributed by atoms with Gasteiger partial charge >= 0.3 is 0 Å². The van der Waals surface area contributed by atoms with Crippen molar-refractivity contribution in [2.45, 2.75) is 57.9 Å². The fourth-order valence-electron chi connectivity index (χ4n) is 2.41. The molecular weight excluding hydrogens is 266 g/mol. The highest BCUT2D eigenvalue weighted by Crippen LogP contribution is 2.17. The van der Waals surface area contributed by atoms with Crippen LogP contribution in [0.25, 0.3) is 0 Å². The smallest absolute Gasteiger partial charge is 0.263 e. The third-order valence-corrected chi connectivity index (χ3v) is 3.64. The van der Waals surface area contributed by atoms with E-state index in [1.165, 1.54) is 25.7 Å². The summed E-state index contributed by atoms with van der Waals surface area (Å²) in [6, 6.07) is 2.35. The second-order valence-corrected chi connectivity index (χ2v) is 5.33. The maximum Gasteiger partial charge on any atom is 0.263 e. The number of ether oxygens (including phenoxy) is 1. The summed E-state index contributed by atoms with van der Waals surface area (Å²) in [6.07, 6.45) is 9.58. The van der Waals surface area contributed by atoms with Crippen molar-refractivity contribution in [1.82, 2.24) is 10.6 Å². The van der Waals surface area contributed by atoms with E-state index in [0.717, 1.165) is 19.3 Å². The zero-order chi connectivity index (χ0) is 15.3. The predicted molar refractivity (Wildman–Crippen MR) is 82.4 cm³/mol. The highest BCUT2D eigenvalue weighted by atomic mass is 16.5. The first kappa shape index (κ1) is 17.5. The fraction of sp³-hybridized carbons (Fsp3) is 0.750.